The number of rotatable bonds is 2. The Morgan fingerprint density at radius 2 is 2.17 bits per heavy atom. The van der Waals surface area contributed by atoms with Gasteiger partial charge in [0.25, 0.3) is 0 Å². The summed E-state index contributed by atoms with van der Waals surface area (Å²) in [5.41, 5.74) is 0. The van der Waals surface area contributed by atoms with Crippen LogP contribution in [-0.2, 0) is 9.53 Å². The minimum absolute atomic E-state index is 0.0488. The highest BCUT2D eigenvalue weighted by Gasteiger charge is 2.13. The third kappa shape index (κ3) is 2.54. The maximum Gasteiger partial charge on any atom is 0.248 e. The minimum atomic E-state index is 0.0488. The van der Waals surface area contributed by atoms with E-state index in [0.29, 0.717) is 26.3 Å². The fourth-order valence-electron chi connectivity index (χ4n) is 1.04. The Morgan fingerprint density at radius 3 is 2.75 bits per heavy atom. The van der Waals surface area contributed by atoms with E-state index in [2.05, 4.69) is 5.32 Å². The van der Waals surface area contributed by atoms with E-state index in [1.54, 1.807) is 18.1 Å². The standard InChI is InChI=1S/C8H14N2O2/c1-9-3-2-8(11)10-4-6-12-7-5-10/h2-3,9H,4-7H2,1H3. The third-order valence-corrected chi connectivity index (χ3v) is 1.72. The minimum Gasteiger partial charge on any atom is -0.394 e. The van der Waals surface area contributed by atoms with Crippen LogP contribution in [0.5, 0.6) is 0 Å². The van der Waals surface area contributed by atoms with Crippen LogP contribution in [0.25, 0.3) is 0 Å². The fraction of sp³-hybridized carbons (Fsp3) is 0.625. The Bertz CT molecular complexity index is 174. The first-order valence-electron chi connectivity index (χ1n) is 4.05. The number of hydrogen-bond acceptors (Lipinski definition) is 3. The molecule has 1 saturated heterocycles. The molecule has 0 radical (unpaired) electrons. The maximum absolute atomic E-state index is 11.3. The van der Waals surface area contributed by atoms with E-state index in [-0.39, 0.29) is 5.91 Å². The lowest BCUT2D eigenvalue weighted by molar-refractivity contribution is -0.129. The average Bonchev–Trinajstić information content (AvgIpc) is 2.15. The van der Waals surface area contributed by atoms with Gasteiger partial charge in [-0.2, -0.15) is 0 Å². The van der Waals surface area contributed by atoms with E-state index in [4.69, 9.17) is 4.74 Å². The zero-order valence-electron chi connectivity index (χ0n) is 7.25. The summed E-state index contributed by atoms with van der Waals surface area (Å²) in [6.07, 6.45) is 3.17. The Hall–Kier alpha value is -1.03. The molecule has 0 unspecified atom stereocenters. The second-order valence-corrected chi connectivity index (χ2v) is 2.56. The first kappa shape index (κ1) is 9.06. The van der Waals surface area contributed by atoms with Crippen LogP contribution in [0.1, 0.15) is 0 Å². The average molecular weight is 170 g/mol. The van der Waals surface area contributed by atoms with E-state index in [1.165, 1.54) is 6.08 Å². The molecule has 0 aliphatic carbocycles. The van der Waals surface area contributed by atoms with Gasteiger partial charge in [0.05, 0.1) is 13.2 Å². The highest BCUT2D eigenvalue weighted by Crippen LogP contribution is 1.97. The largest absolute Gasteiger partial charge is 0.394 e. The van der Waals surface area contributed by atoms with Crippen LogP contribution in [0.2, 0.25) is 0 Å². The lowest BCUT2D eigenvalue weighted by Crippen LogP contribution is -2.39. The number of morpholine rings is 1. The van der Waals surface area contributed by atoms with Crippen molar-refractivity contribution < 1.29 is 9.53 Å². The molecule has 1 heterocycles. The molecule has 0 saturated carbocycles. The molecule has 0 aromatic carbocycles. The summed E-state index contributed by atoms with van der Waals surface area (Å²) >= 11 is 0. The molecule has 1 aliphatic rings. The van der Waals surface area contributed by atoms with Crippen molar-refractivity contribution in [3.05, 3.63) is 12.3 Å². The van der Waals surface area contributed by atoms with Crippen LogP contribution < -0.4 is 5.32 Å². The summed E-state index contributed by atoms with van der Waals surface area (Å²) in [5.74, 6) is 0.0488. The van der Waals surface area contributed by atoms with Crippen molar-refractivity contribution in [3.8, 4) is 0 Å². The van der Waals surface area contributed by atoms with Gasteiger partial charge in [-0.1, -0.05) is 0 Å². The molecule has 12 heavy (non-hydrogen) atoms. The SMILES string of the molecule is CNC=CC(=O)N1CCOCC1. The smallest absolute Gasteiger partial charge is 0.248 e. The Balaban J connectivity index is 2.34. The molecule has 1 rings (SSSR count). The molecule has 4 heteroatoms. The first-order chi connectivity index (χ1) is 5.84. The highest BCUT2D eigenvalue weighted by molar-refractivity contribution is 5.87. The molecule has 0 bridgehead atoms. The van der Waals surface area contributed by atoms with Crippen molar-refractivity contribution in [2.24, 2.45) is 0 Å². The van der Waals surface area contributed by atoms with E-state index < -0.39 is 0 Å². The van der Waals surface area contributed by atoms with Gasteiger partial charge in [0.15, 0.2) is 0 Å². The Morgan fingerprint density at radius 1 is 1.50 bits per heavy atom. The van der Waals surface area contributed by atoms with Crippen LogP contribution in [0, 0.1) is 0 Å². The van der Waals surface area contributed by atoms with E-state index in [9.17, 15) is 4.79 Å². The van der Waals surface area contributed by atoms with Gasteiger partial charge in [0.1, 0.15) is 0 Å². The summed E-state index contributed by atoms with van der Waals surface area (Å²) in [5, 5.41) is 2.78. The molecule has 0 spiro atoms. The molecule has 4 nitrogen and oxygen atoms in total. The van der Waals surface area contributed by atoms with Crippen molar-refractivity contribution in [2.45, 2.75) is 0 Å². The van der Waals surface area contributed by atoms with Crippen molar-refractivity contribution in [1.29, 1.82) is 0 Å². The molecule has 0 aromatic heterocycles. The Kier molecular flexibility index (Phi) is 3.60. The lowest BCUT2D eigenvalue weighted by Gasteiger charge is -2.25. The van der Waals surface area contributed by atoms with Crippen LogP contribution in [-0.4, -0.2) is 44.2 Å². The monoisotopic (exact) mass is 170 g/mol. The van der Waals surface area contributed by atoms with Gasteiger partial charge in [0, 0.05) is 32.4 Å². The van der Waals surface area contributed by atoms with Crippen molar-refractivity contribution in [3.63, 3.8) is 0 Å². The quantitative estimate of drug-likeness (QED) is 0.572. The van der Waals surface area contributed by atoms with Crippen molar-refractivity contribution in [2.75, 3.05) is 33.4 Å². The highest BCUT2D eigenvalue weighted by atomic mass is 16.5. The van der Waals surface area contributed by atoms with Gasteiger partial charge in [-0.05, 0) is 0 Å². The summed E-state index contributed by atoms with van der Waals surface area (Å²) in [4.78, 5) is 13.1. The zero-order valence-corrected chi connectivity index (χ0v) is 7.25. The van der Waals surface area contributed by atoms with E-state index in [0.717, 1.165) is 0 Å². The van der Waals surface area contributed by atoms with Crippen molar-refractivity contribution in [1.82, 2.24) is 10.2 Å². The molecule has 1 N–H and O–H groups in total. The van der Waals surface area contributed by atoms with Gasteiger partial charge in [0.2, 0.25) is 5.91 Å². The zero-order chi connectivity index (χ0) is 8.81. The molecule has 0 atom stereocenters. The topological polar surface area (TPSA) is 41.6 Å². The number of carbonyl (C=O) groups excluding carboxylic acids is 1. The van der Waals surface area contributed by atoms with Crippen LogP contribution in [0.15, 0.2) is 12.3 Å². The van der Waals surface area contributed by atoms with Crippen LogP contribution in [0.3, 0.4) is 0 Å². The second kappa shape index (κ2) is 4.77. The van der Waals surface area contributed by atoms with Gasteiger partial charge in [-0.25, -0.2) is 0 Å². The van der Waals surface area contributed by atoms with E-state index >= 15 is 0 Å². The Labute approximate surface area is 72.2 Å². The van der Waals surface area contributed by atoms with Gasteiger partial charge in [-0.3, -0.25) is 4.79 Å². The van der Waals surface area contributed by atoms with E-state index in [1.807, 2.05) is 0 Å². The summed E-state index contributed by atoms with van der Waals surface area (Å²) < 4.78 is 5.12. The predicted octanol–water partition coefficient (Wildman–Crippen LogP) is -0.422. The summed E-state index contributed by atoms with van der Waals surface area (Å²) in [6.45, 7) is 2.71. The molecule has 0 aromatic rings. The summed E-state index contributed by atoms with van der Waals surface area (Å²) in [6, 6.07) is 0. The fourth-order valence-corrected chi connectivity index (χ4v) is 1.04. The molecule has 1 aliphatic heterocycles. The first-order valence-corrected chi connectivity index (χ1v) is 4.05. The lowest BCUT2D eigenvalue weighted by atomic mass is 10.4. The third-order valence-electron chi connectivity index (χ3n) is 1.72. The van der Waals surface area contributed by atoms with Crippen LogP contribution >= 0.6 is 0 Å². The van der Waals surface area contributed by atoms with Gasteiger partial charge < -0.3 is 15.0 Å². The van der Waals surface area contributed by atoms with Crippen molar-refractivity contribution >= 4 is 5.91 Å². The summed E-state index contributed by atoms with van der Waals surface area (Å²) in [7, 11) is 1.77. The number of nitrogens with zero attached hydrogens (tertiary/aromatic N) is 1. The van der Waals surface area contributed by atoms with Gasteiger partial charge in [-0.15, -0.1) is 0 Å². The number of nitrogens with one attached hydrogen (secondary N) is 1. The molecular formula is C8H14N2O2. The normalized spacial score (nSPS) is 18.2. The van der Waals surface area contributed by atoms with Gasteiger partial charge >= 0.3 is 0 Å². The number of carbonyl (C=O) groups is 1. The molecule has 1 amide bonds. The maximum atomic E-state index is 11.3. The van der Waals surface area contributed by atoms with Crippen LogP contribution in [0.4, 0.5) is 0 Å². The molecular weight excluding hydrogens is 156 g/mol. The number of ether oxygens (including phenoxy) is 1. The molecule has 68 valence electrons. The molecule has 1 fully saturated rings. The number of amides is 1. The predicted molar refractivity (Wildman–Crippen MR) is 45.6 cm³/mol. The number of hydrogen-bond donors (Lipinski definition) is 1. The second-order valence-electron chi connectivity index (χ2n) is 2.56.